The Bertz CT molecular complexity index is 585. The van der Waals surface area contributed by atoms with Crippen molar-refractivity contribution in [1.82, 2.24) is 4.57 Å². The van der Waals surface area contributed by atoms with Gasteiger partial charge in [0.25, 0.3) is 0 Å². The Labute approximate surface area is 111 Å². The molecule has 0 unspecified atom stereocenters. The van der Waals surface area contributed by atoms with Crippen LogP contribution in [0.5, 0.6) is 5.75 Å². The molecule has 1 aromatic carbocycles. The summed E-state index contributed by atoms with van der Waals surface area (Å²) in [5.74, 6) is 0.247. The van der Waals surface area contributed by atoms with Crippen LogP contribution >= 0.6 is 11.6 Å². The Balaban J connectivity index is 2.61. The molecule has 0 bridgehead atoms. The molecule has 94 valence electrons. The Morgan fingerprint density at radius 2 is 1.94 bits per heavy atom. The minimum absolute atomic E-state index is 0.247. The lowest BCUT2D eigenvalue weighted by Crippen LogP contribution is -1.95. The second-order valence-corrected chi connectivity index (χ2v) is 4.58. The van der Waals surface area contributed by atoms with Gasteiger partial charge in [0.2, 0.25) is 0 Å². The summed E-state index contributed by atoms with van der Waals surface area (Å²) < 4.78 is 1.92. The lowest BCUT2D eigenvalue weighted by molar-refractivity contribution is 0.475. The summed E-state index contributed by atoms with van der Waals surface area (Å²) in [6.45, 7) is 6.09. The maximum absolute atomic E-state index is 9.32. The number of phenolic OH excluding ortho intramolecular Hbond substituents is 1. The van der Waals surface area contributed by atoms with Gasteiger partial charge in [-0.1, -0.05) is 23.7 Å². The average molecular weight is 263 g/mol. The van der Waals surface area contributed by atoms with Gasteiger partial charge in [0.1, 0.15) is 10.9 Å². The number of aromatic hydroxyl groups is 1. The summed E-state index contributed by atoms with van der Waals surface area (Å²) in [5.41, 5.74) is 4.12. The molecule has 0 saturated heterocycles. The van der Waals surface area contributed by atoms with Gasteiger partial charge in [-0.05, 0) is 36.9 Å². The maximum Gasteiger partial charge on any atom is 0.117 e. The zero-order valence-corrected chi connectivity index (χ0v) is 11.2. The highest BCUT2D eigenvalue weighted by Crippen LogP contribution is 2.36. The van der Waals surface area contributed by atoms with Gasteiger partial charge in [-0.3, -0.25) is 4.99 Å². The number of halogens is 1. The van der Waals surface area contributed by atoms with Crippen molar-refractivity contribution in [3.63, 3.8) is 0 Å². The fourth-order valence-corrected chi connectivity index (χ4v) is 2.48. The normalized spacial score (nSPS) is 10.6. The molecule has 4 heteroatoms. The first kappa shape index (κ1) is 12.7. The fraction of sp³-hybridized carbons (Fsp3) is 0.214. The van der Waals surface area contributed by atoms with Crippen LogP contribution in [0, 0.1) is 6.92 Å². The molecule has 1 heterocycles. The highest BCUT2D eigenvalue weighted by Gasteiger charge is 2.17. The number of aromatic nitrogens is 1. The zero-order valence-electron chi connectivity index (χ0n) is 10.4. The first-order valence-corrected chi connectivity index (χ1v) is 5.99. The molecule has 0 aliphatic heterocycles. The molecular formula is C14H15ClN2O. The van der Waals surface area contributed by atoms with E-state index in [1.165, 1.54) is 0 Å². The second kappa shape index (κ2) is 4.86. The molecule has 0 radical (unpaired) electrons. The van der Waals surface area contributed by atoms with Crippen LogP contribution in [0.2, 0.25) is 5.15 Å². The standard InChI is InChI=1S/C14H15ClN2O/c1-9-12(8-16-2)17(3)14(15)13(9)10-4-6-11(18)7-5-10/h4-7,18H,2,8H2,1,3H3. The molecule has 18 heavy (non-hydrogen) atoms. The van der Waals surface area contributed by atoms with Gasteiger partial charge in [-0.25, -0.2) is 0 Å². The third-order valence-corrected chi connectivity index (χ3v) is 3.57. The zero-order chi connectivity index (χ0) is 13.3. The fourth-order valence-electron chi connectivity index (χ4n) is 2.13. The maximum atomic E-state index is 9.32. The number of nitrogens with zero attached hydrogens (tertiary/aromatic N) is 2. The SMILES string of the molecule is C=NCc1c(C)c(-c2ccc(O)cc2)c(Cl)n1C. The molecule has 0 amide bonds. The first-order chi connectivity index (χ1) is 8.56. The summed E-state index contributed by atoms with van der Waals surface area (Å²) in [5, 5.41) is 10.0. The number of rotatable bonds is 3. The molecule has 0 fully saturated rings. The van der Waals surface area contributed by atoms with E-state index in [9.17, 15) is 5.11 Å². The minimum atomic E-state index is 0.247. The smallest absolute Gasteiger partial charge is 0.117 e. The second-order valence-electron chi connectivity index (χ2n) is 4.23. The molecule has 0 aliphatic carbocycles. The lowest BCUT2D eigenvalue weighted by atomic mass is 10.0. The quantitative estimate of drug-likeness (QED) is 0.844. The average Bonchev–Trinajstić information content (AvgIpc) is 2.56. The van der Waals surface area contributed by atoms with Gasteiger partial charge in [0.15, 0.2) is 0 Å². The molecule has 1 aromatic heterocycles. The molecule has 1 N–H and O–H groups in total. The van der Waals surface area contributed by atoms with Crippen LogP contribution in [0.4, 0.5) is 0 Å². The summed E-state index contributed by atoms with van der Waals surface area (Å²) in [7, 11) is 1.92. The molecule has 0 atom stereocenters. The van der Waals surface area contributed by atoms with Crippen molar-refractivity contribution in [2.75, 3.05) is 0 Å². The monoisotopic (exact) mass is 262 g/mol. The third-order valence-electron chi connectivity index (χ3n) is 3.13. The highest BCUT2D eigenvalue weighted by molar-refractivity contribution is 6.32. The first-order valence-electron chi connectivity index (χ1n) is 5.61. The molecular weight excluding hydrogens is 248 g/mol. The number of hydrogen-bond donors (Lipinski definition) is 1. The summed E-state index contributed by atoms with van der Waals surface area (Å²) >= 11 is 6.37. The molecule has 0 aliphatic rings. The summed E-state index contributed by atoms with van der Waals surface area (Å²) in [6.07, 6.45) is 0. The van der Waals surface area contributed by atoms with Crippen LogP contribution in [0.25, 0.3) is 11.1 Å². The Morgan fingerprint density at radius 1 is 1.33 bits per heavy atom. The largest absolute Gasteiger partial charge is 0.508 e. The number of hydrogen-bond acceptors (Lipinski definition) is 2. The van der Waals surface area contributed by atoms with E-state index in [4.69, 9.17) is 11.6 Å². The highest BCUT2D eigenvalue weighted by atomic mass is 35.5. The van der Waals surface area contributed by atoms with Crippen LogP contribution in [-0.2, 0) is 13.6 Å². The van der Waals surface area contributed by atoms with E-state index in [0.717, 1.165) is 22.4 Å². The van der Waals surface area contributed by atoms with Gasteiger partial charge in [-0.15, -0.1) is 0 Å². The van der Waals surface area contributed by atoms with Gasteiger partial charge in [-0.2, -0.15) is 0 Å². The van der Waals surface area contributed by atoms with E-state index in [-0.39, 0.29) is 5.75 Å². The molecule has 2 aromatic rings. The van der Waals surface area contributed by atoms with E-state index in [2.05, 4.69) is 11.7 Å². The van der Waals surface area contributed by atoms with Crippen molar-refractivity contribution >= 4 is 18.3 Å². The summed E-state index contributed by atoms with van der Waals surface area (Å²) in [6, 6.07) is 7.02. The molecule has 2 rings (SSSR count). The van der Waals surface area contributed by atoms with Crippen molar-refractivity contribution < 1.29 is 5.11 Å². The topological polar surface area (TPSA) is 37.5 Å². The van der Waals surface area contributed by atoms with Crippen LogP contribution < -0.4 is 0 Å². The predicted octanol–water partition coefficient (Wildman–Crippen LogP) is 3.56. The summed E-state index contributed by atoms with van der Waals surface area (Å²) in [4.78, 5) is 3.92. The van der Waals surface area contributed by atoms with Gasteiger partial charge < -0.3 is 9.67 Å². The third kappa shape index (κ3) is 2.02. The Morgan fingerprint density at radius 3 is 2.50 bits per heavy atom. The number of benzene rings is 1. The van der Waals surface area contributed by atoms with Crippen LogP contribution in [0.3, 0.4) is 0 Å². The van der Waals surface area contributed by atoms with E-state index < -0.39 is 0 Å². The number of aliphatic imine (C=N–C) groups is 1. The van der Waals surface area contributed by atoms with Crippen molar-refractivity contribution in [3.05, 3.63) is 40.7 Å². The lowest BCUT2D eigenvalue weighted by Gasteiger charge is -2.02. The van der Waals surface area contributed by atoms with Gasteiger partial charge in [0, 0.05) is 18.3 Å². The Kier molecular flexibility index (Phi) is 3.43. The predicted molar refractivity (Wildman–Crippen MR) is 75.5 cm³/mol. The number of phenols is 1. The van der Waals surface area contributed by atoms with Gasteiger partial charge in [0.05, 0.1) is 6.54 Å². The van der Waals surface area contributed by atoms with E-state index in [1.807, 2.05) is 30.7 Å². The van der Waals surface area contributed by atoms with E-state index >= 15 is 0 Å². The minimum Gasteiger partial charge on any atom is -0.508 e. The van der Waals surface area contributed by atoms with Crippen LogP contribution in [0.15, 0.2) is 29.3 Å². The van der Waals surface area contributed by atoms with Crippen molar-refractivity contribution in [2.24, 2.45) is 12.0 Å². The van der Waals surface area contributed by atoms with Crippen molar-refractivity contribution in [1.29, 1.82) is 0 Å². The Hall–Kier alpha value is -1.74. The van der Waals surface area contributed by atoms with Crippen molar-refractivity contribution in [2.45, 2.75) is 13.5 Å². The van der Waals surface area contributed by atoms with Crippen molar-refractivity contribution in [3.8, 4) is 16.9 Å². The van der Waals surface area contributed by atoms with E-state index in [0.29, 0.717) is 11.7 Å². The molecule has 3 nitrogen and oxygen atoms in total. The van der Waals surface area contributed by atoms with Crippen LogP contribution in [0.1, 0.15) is 11.3 Å². The molecule has 0 spiro atoms. The van der Waals surface area contributed by atoms with Gasteiger partial charge >= 0.3 is 0 Å². The molecule has 0 saturated carbocycles. The van der Waals surface area contributed by atoms with E-state index in [1.54, 1.807) is 12.1 Å². The van der Waals surface area contributed by atoms with Crippen LogP contribution in [-0.4, -0.2) is 16.4 Å².